The summed E-state index contributed by atoms with van der Waals surface area (Å²) in [5, 5.41) is 0. The van der Waals surface area contributed by atoms with Crippen LogP contribution in [0.15, 0.2) is 60.7 Å². The molecule has 0 aromatic heterocycles. The minimum atomic E-state index is 0.295. The van der Waals surface area contributed by atoms with Gasteiger partial charge in [-0.3, -0.25) is 4.79 Å². The average molecular weight is 322 g/mol. The van der Waals surface area contributed by atoms with Gasteiger partial charge >= 0.3 is 0 Å². The van der Waals surface area contributed by atoms with E-state index in [1.807, 2.05) is 17.0 Å². The van der Waals surface area contributed by atoms with Crippen LogP contribution < -0.4 is 4.90 Å². The highest BCUT2D eigenvalue weighted by atomic mass is 16.2. The van der Waals surface area contributed by atoms with Crippen molar-refractivity contribution in [2.75, 3.05) is 24.5 Å². The summed E-state index contributed by atoms with van der Waals surface area (Å²) in [5.41, 5.74) is 2.44. The molecular weight excluding hydrogens is 296 g/mol. The van der Waals surface area contributed by atoms with Crippen molar-refractivity contribution >= 4 is 11.6 Å². The van der Waals surface area contributed by atoms with Crippen LogP contribution in [0.1, 0.15) is 31.2 Å². The van der Waals surface area contributed by atoms with Crippen molar-refractivity contribution in [3.63, 3.8) is 0 Å². The second-order valence-electron chi connectivity index (χ2n) is 6.43. The van der Waals surface area contributed by atoms with Crippen molar-refractivity contribution in [2.45, 2.75) is 32.2 Å². The van der Waals surface area contributed by atoms with Gasteiger partial charge in [0.25, 0.3) is 0 Å². The fourth-order valence-electron chi connectivity index (χ4n) is 3.27. The Morgan fingerprint density at radius 1 is 0.875 bits per heavy atom. The zero-order chi connectivity index (χ0) is 16.6. The molecule has 1 heterocycles. The number of piperidine rings is 1. The highest BCUT2D eigenvalue weighted by molar-refractivity contribution is 5.77. The Bertz CT molecular complexity index is 621. The Hall–Kier alpha value is -2.29. The van der Waals surface area contributed by atoms with Crippen LogP contribution in [0.4, 0.5) is 5.69 Å². The molecule has 3 heteroatoms. The lowest BCUT2D eigenvalue weighted by molar-refractivity contribution is -0.131. The predicted molar refractivity (Wildman–Crippen MR) is 99.0 cm³/mol. The molecule has 0 N–H and O–H groups in total. The lowest BCUT2D eigenvalue weighted by Crippen LogP contribution is -2.37. The van der Waals surface area contributed by atoms with E-state index in [4.69, 9.17) is 0 Å². The quantitative estimate of drug-likeness (QED) is 0.799. The first-order valence-corrected chi connectivity index (χ1v) is 8.94. The zero-order valence-electron chi connectivity index (χ0n) is 14.2. The summed E-state index contributed by atoms with van der Waals surface area (Å²) in [6.45, 7) is 3.46. The first-order chi connectivity index (χ1) is 11.8. The molecule has 3 rings (SSSR count). The molecule has 2 aromatic rings. The molecule has 0 aliphatic carbocycles. The molecule has 1 amide bonds. The number of hydrogen-bond acceptors (Lipinski definition) is 2. The molecule has 1 saturated heterocycles. The van der Waals surface area contributed by atoms with E-state index in [0.717, 1.165) is 39.0 Å². The molecular formula is C21H26N2O. The van der Waals surface area contributed by atoms with E-state index < -0.39 is 0 Å². The second-order valence-corrected chi connectivity index (χ2v) is 6.43. The molecule has 1 fully saturated rings. The maximum absolute atomic E-state index is 12.5. The first kappa shape index (κ1) is 16.6. The number of likely N-dealkylation sites (tertiary alicyclic amines) is 1. The Kier molecular flexibility index (Phi) is 5.89. The van der Waals surface area contributed by atoms with Gasteiger partial charge < -0.3 is 9.80 Å². The van der Waals surface area contributed by atoms with Crippen LogP contribution in [0, 0.1) is 0 Å². The molecule has 24 heavy (non-hydrogen) atoms. The fraction of sp³-hybridized carbons (Fsp3) is 0.381. The largest absolute Gasteiger partial charge is 0.367 e. The van der Waals surface area contributed by atoms with Crippen LogP contribution in [-0.2, 0) is 11.3 Å². The maximum Gasteiger partial charge on any atom is 0.224 e. The van der Waals surface area contributed by atoms with E-state index in [1.165, 1.54) is 17.7 Å². The Morgan fingerprint density at radius 2 is 1.50 bits per heavy atom. The molecule has 3 nitrogen and oxygen atoms in total. The van der Waals surface area contributed by atoms with Crippen molar-refractivity contribution in [1.29, 1.82) is 0 Å². The van der Waals surface area contributed by atoms with Crippen molar-refractivity contribution < 1.29 is 4.79 Å². The number of anilines is 1. The molecule has 1 aliphatic rings. The van der Waals surface area contributed by atoms with Gasteiger partial charge in [-0.2, -0.15) is 0 Å². The van der Waals surface area contributed by atoms with Gasteiger partial charge in [0.1, 0.15) is 0 Å². The molecule has 0 bridgehead atoms. The van der Waals surface area contributed by atoms with Gasteiger partial charge in [0.15, 0.2) is 0 Å². The van der Waals surface area contributed by atoms with E-state index in [0.29, 0.717) is 12.3 Å². The highest BCUT2D eigenvalue weighted by Crippen LogP contribution is 2.18. The van der Waals surface area contributed by atoms with Gasteiger partial charge in [-0.1, -0.05) is 48.5 Å². The second kappa shape index (κ2) is 8.53. The summed E-state index contributed by atoms with van der Waals surface area (Å²) in [6.07, 6.45) is 4.14. The molecule has 0 radical (unpaired) electrons. The summed E-state index contributed by atoms with van der Waals surface area (Å²) in [5.74, 6) is 0.295. The number of carbonyl (C=O) groups is 1. The molecule has 0 saturated carbocycles. The van der Waals surface area contributed by atoms with Gasteiger partial charge in [0, 0.05) is 38.3 Å². The van der Waals surface area contributed by atoms with Gasteiger partial charge in [-0.25, -0.2) is 0 Å². The van der Waals surface area contributed by atoms with Gasteiger partial charge in [-0.15, -0.1) is 0 Å². The number of benzene rings is 2. The van der Waals surface area contributed by atoms with Crippen LogP contribution in [-0.4, -0.2) is 30.4 Å². The standard InChI is InChI=1S/C21H26N2O/c24-21(22-15-8-3-9-16-22)14-17-23(20-12-6-2-7-13-20)18-19-10-4-1-5-11-19/h1-2,4-7,10-13H,3,8-9,14-18H2. The van der Waals surface area contributed by atoms with Crippen LogP contribution in [0.3, 0.4) is 0 Å². The van der Waals surface area contributed by atoms with Gasteiger partial charge in [0.05, 0.1) is 0 Å². The molecule has 0 spiro atoms. The van der Waals surface area contributed by atoms with E-state index in [1.54, 1.807) is 0 Å². The van der Waals surface area contributed by atoms with Crippen molar-refractivity contribution in [1.82, 2.24) is 4.90 Å². The fourth-order valence-corrected chi connectivity index (χ4v) is 3.27. The van der Waals surface area contributed by atoms with E-state index in [-0.39, 0.29) is 0 Å². The first-order valence-electron chi connectivity index (χ1n) is 8.94. The topological polar surface area (TPSA) is 23.6 Å². The van der Waals surface area contributed by atoms with E-state index in [9.17, 15) is 4.79 Å². The summed E-state index contributed by atoms with van der Waals surface area (Å²) in [6, 6.07) is 20.8. The molecule has 0 unspecified atom stereocenters. The van der Waals surface area contributed by atoms with Crippen molar-refractivity contribution in [3.8, 4) is 0 Å². The molecule has 1 aliphatic heterocycles. The van der Waals surface area contributed by atoms with Crippen LogP contribution in [0.2, 0.25) is 0 Å². The third-order valence-electron chi connectivity index (χ3n) is 4.64. The number of carbonyl (C=O) groups excluding carboxylic acids is 1. The minimum absolute atomic E-state index is 0.295. The minimum Gasteiger partial charge on any atom is -0.367 e. The average Bonchev–Trinajstić information content (AvgIpc) is 2.67. The summed E-state index contributed by atoms with van der Waals surface area (Å²) in [4.78, 5) is 16.8. The molecule has 126 valence electrons. The molecule has 0 atom stereocenters. The van der Waals surface area contributed by atoms with Crippen molar-refractivity contribution in [3.05, 3.63) is 66.2 Å². The summed E-state index contributed by atoms with van der Waals surface area (Å²) in [7, 11) is 0. The number of nitrogens with zero attached hydrogens (tertiary/aromatic N) is 2. The number of amides is 1. The Morgan fingerprint density at radius 3 is 2.17 bits per heavy atom. The predicted octanol–water partition coefficient (Wildman–Crippen LogP) is 4.10. The van der Waals surface area contributed by atoms with E-state index >= 15 is 0 Å². The summed E-state index contributed by atoms with van der Waals surface area (Å²) < 4.78 is 0. The van der Waals surface area contributed by atoms with E-state index in [2.05, 4.69) is 53.4 Å². The number of hydrogen-bond donors (Lipinski definition) is 0. The lowest BCUT2D eigenvalue weighted by atomic mass is 10.1. The monoisotopic (exact) mass is 322 g/mol. The zero-order valence-corrected chi connectivity index (χ0v) is 14.2. The molecule has 2 aromatic carbocycles. The number of para-hydroxylation sites is 1. The normalized spacial score (nSPS) is 14.4. The Balaban J connectivity index is 1.64. The third-order valence-corrected chi connectivity index (χ3v) is 4.64. The number of rotatable bonds is 6. The lowest BCUT2D eigenvalue weighted by Gasteiger charge is -2.29. The van der Waals surface area contributed by atoms with Crippen LogP contribution in [0.5, 0.6) is 0 Å². The SMILES string of the molecule is O=C(CCN(Cc1ccccc1)c1ccccc1)N1CCCCC1. The van der Waals surface area contributed by atoms with Gasteiger partial charge in [-0.05, 0) is 37.0 Å². The van der Waals surface area contributed by atoms with Crippen LogP contribution >= 0.6 is 0 Å². The summed E-state index contributed by atoms with van der Waals surface area (Å²) >= 11 is 0. The smallest absolute Gasteiger partial charge is 0.224 e. The van der Waals surface area contributed by atoms with Gasteiger partial charge in [0.2, 0.25) is 5.91 Å². The van der Waals surface area contributed by atoms with Crippen LogP contribution in [0.25, 0.3) is 0 Å². The van der Waals surface area contributed by atoms with Crippen molar-refractivity contribution in [2.24, 2.45) is 0 Å². The highest BCUT2D eigenvalue weighted by Gasteiger charge is 2.17. The third kappa shape index (κ3) is 4.60. The maximum atomic E-state index is 12.5. The Labute approximate surface area is 144 Å².